The fourth-order valence-electron chi connectivity index (χ4n) is 2.48. The van der Waals surface area contributed by atoms with Crippen LogP contribution in [0.3, 0.4) is 0 Å². The van der Waals surface area contributed by atoms with Crippen molar-refractivity contribution in [1.29, 1.82) is 0 Å². The molecule has 8 heteroatoms. The van der Waals surface area contributed by atoms with Crippen molar-refractivity contribution in [2.24, 2.45) is 0 Å². The molecule has 0 saturated carbocycles. The molecule has 2 aliphatic heterocycles. The Morgan fingerprint density at radius 3 is 2.50 bits per heavy atom. The van der Waals surface area contributed by atoms with Crippen LogP contribution in [0, 0.1) is 0 Å². The van der Waals surface area contributed by atoms with Gasteiger partial charge in [-0.15, -0.1) is 11.8 Å². The molecule has 0 aromatic carbocycles. The minimum Gasteiger partial charge on any atom is -0.394 e. The molecule has 2 fully saturated rings. The zero-order chi connectivity index (χ0) is 14.7. The van der Waals surface area contributed by atoms with Crippen LogP contribution in [0.5, 0.6) is 0 Å². The van der Waals surface area contributed by atoms with Crippen LogP contribution < -0.4 is 0 Å². The summed E-state index contributed by atoms with van der Waals surface area (Å²) < 4.78 is 16.4. The molecule has 20 heavy (non-hydrogen) atoms. The minimum absolute atomic E-state index is 0.0443. The molecule has 0 spiro atoms. The first-order valence-electron chi connectivity index (χ1n) is 6.87. The van der Waals surface area contributed by atoms with Crippen LogP contribution in [-0.4, -0.2) is 80.1 Å². The van der Waals surface area contributed by atoms with E-state index in [1.165, 1.54) is 0 Å². The van der Waals surface area contributed by atoms with Gasteiger partial charge in [-0.2, -0.15) is 0 Å². The second kappa shape index (κ2) is 7.51. The summed E-state index contributed by atoms with van der Waals surface area (Å²) >= 11 is 1.57. The van der Waals surface area contributed by atoms with Gasteiger partial charge in [0.15, 0.2) is 0 Å². The highest BCUT2D eigenvalue weighted by Crippen LogP contribution is 2.33. The van der Waals surface area contributed by atoms with E-state index in [1.54, 1.807) is 11.8 Å². The predicted molar refractivity (Wildman–Crippen MR) is 77.9 cm³/mol. The maximum absolute atomic E-state index is 9.71. The van der Waals surface area contributed by atoms with Gasteiger partial charge in [-0.1, -0.05) is 0 Å². The highest BCUT2D eigenvalue weighted by atomic mass is 32.2. The Morgan fingerprint density at radius 2 is 1.90 bits per heavy atom. The van der Waals surface area contributed by atoms with E-state index >= 15 is 0 Å². The van der Waals surface area contributed by atoms with Crippen LogP contribution in [0.15, 0.2) is 0 Å². The normalized spacial score (nSPS) is 43.0. The SMILES string of the molecule is [B][C@H]1C[C@@H](O)[C@@H](COC(C)S[C@@H]2C[C@H]([B])O[C@@H]2CO)O1. The first-order chi connectivity index (χ1) is 9.49. The number of ether oxygens (including phenoxy) is 3. The van der Waals surface area contributed by atoms with Crippen LogP contribution in [0.2, 0.25) is 0 Å². The quantitative estimate of drug-likeness (QED) is 0.503. The van der Waals surface area contributed by atoms with Gasteiger partial charge in [0.1, 0.15) is 27.2 Å². The topological polar surface area (TPSA) is 68.2 Å². The largest absolute Gasteiger partial charge is 0.394 e. The maximum atomic E-state index is 9.71. The Kier molecular flexibility index (Phi) is 6.25. The first kappa shape index (κ1) is 16.6. The number of hydrogen-bond acceptors (Lipinski definition) is 6. The number of rotatable bonds is 6. The molecule has 2 heterocycles. The van der Waals surface area contributed by atoms with Gasteiger partial charge < -0.3 is 24.4 Å². The lowest BCUT2D eigenvalue weighted by Crippen LogP contribution is -2.29. The molecule has 0 bridgehead atoms. The highest BCUT2D eigenvalue weighted by Gasteiger charge is 2.35. The molecule has 5 nitrogen and oxygen atoms in total. The molecular weight excluding hydrogens is 278 g/mol. The summed E-state index contributed by atoms with van der Waals surface area (Å²) in [6.07, 6.45) is -0.0630. The third-order valence-corrected chi connectivity index (χ3v) is 4.89. The van der Waals surface area contributed by atoms with Gasteiger partial charge in [0.05, 0.1) is 25.4 Å². The Morgan fingerprint density at radius 1 is 1.25 bits per heavy atom. The van der Waals surface area contributed by atoms with Gasteiger partial charge in [-0.05, 0) is 19.8 Å². The maximum Gasteiger partial charge on any atom is 0.109 e. The van der Waals surface area contributed by atoms with E-state index in [1.807, 2.05) is 6.92 Å². The lowest BCUT2D eigenvalue weighted by molar-refractivity contribution is -0.0339. The van der Waals surface area contributed by atoms with E-state index in [9.17, 15) is 10.2 Å². The molecule has 4 radical (unpaired) electrons. The van der Waals surface area contributed by atoms with E-state index < -0.39 is 12.1 Å². The van der Waals surface area contributed by atoms with Crippen LogP contribution in [0.1, 0.15) is 19.8 Å². The van der Waals surface area contributed by atoms with Crippen molar-refractivity contribution < 1.29 is 24.4 Å². The van der Waals surface area contributed by atoms with Crippen LogP contribution in [-0.2, 0) is 14.2 Å². The Bertz CT molecular complexity index is 312. The molecule has 0 amide bonds. The Balaban J connectivity index is 1.71. The minimum atomic E-state index is -0.573. The summed E-state index contributed by atoms with van der Waals surface area (Å²) in [7, 11) is 11.3. The van der Waals surface area contributed by atoms with Crippen molar-refractivity contribution in [3.63, 3.8) is 0 Å². The summed E-state index contributed by atoms with van der Waals surface area (Å²) in [5.74, 6) is 0. The van der Waals surface area contributed by atoms with Crippen molar-refractivity contribution in [3.05, 3.63) is 0 Å². The zero-order valence-electron chi connectivity index (χ0n) is 11.6. The fraction of sp³-hybridized carbons (Fsp3) is 1.00. The smallest absolute Gasteiger partial charge is 0.109 e. The third-order valence-electron chi connectivity index (χ3n) is 3.52. The average molecular weight is 298 g/mol. The van der Waals surface area contributed by atoms with Crippen molar-refractivity contribution in [1.82, 2.24) is 0 Å². The van der Waals surface area contributed by atoms with Gasteiger partial charge >= 0.3 is 0 Å². The number of aliphatic hydroxyl groups excluding tert-OH is 2. The molecule has 2 N–H and O–H groups in total. The van der Waals surface area contributed by atoms with E-state index in [0.717, 1.165) is 0 Å². The second-order valence-electron chi connectivity index (χ2n) is 5.22. The van der Waals surface area contributed by atoms with Crippen molar-refractivity contribution in [2.45, 2.75) is 60.8 Å². The molecule has 0 aromatic rings. The van der Waals surface area contributed by atoms with Crippen molar-refractivity contribution >= 4 is 27.5 Å². The summed E-state index contributed by atoms with van der Waals surface area (Å²) in [4.78, 5) is 0. The zero-order valence-corrected chi connectivity index (χ0v) is 12.4. The van der Waals surface area contributed by atoms with Gasteiger partial charge in [0, 0.05) is 17.3 Å². The summed E-state index contributed by atoms with van der Waals surface area (Å²) in [6.45, 7) is 2.17. The van der Waals surface area contributed by atoms with E-state index in [0.29, 0.717) is 19.4 Å². The Hall–Kier alpha value is 0.280. The van der Waals surface area contributed by atoms with Crippen LogP contribution >= 0.6 is 11.8 Å². The molecule has 0 aliphatic carbocycles. The summed E-state index contributed by atoms with van der Waals surface area (Å²) in [5.41, 5.74) is -0.101. The fourth-order valence-corrected chi connectivity index (χ4v) is 3.75. The van der Waals surface area contributed by atoms with Gasteiger partial charge in [-0.3, -0.25) is 0 Å². The molecule has 1 unspecified atom stereocenters. The standard InChI is InChI=1S/C12H20B2O5S/c1-6(17-5-9-7(16)2-11(13)19-9)20-10-3-12(14)18-8(10)4-15/h6-12,15-16H,2-5H2,1H3/t6?,7-,8-,9-,10-,11-,12-/m1/s1. The van der Waals surface area contributed by atoms with Gasteiger partial charge in [0.2, 0.25) is 0 Å². The average Bonchev–Trinajstić information content (AvgIpc) is 2.89. The predicted octanol–water partition coefficient (Wildman–Crippen LogP) is -0.629. The highest BCUT2D eigenvalue weighted by molar-refractivity contribution is 8.00. The lowest BCUT2D eigenvalue weighted by atomic mass is 9.96. The summed E-state index contributed by atoms with van der Waals surface area (Å²) in [5, 5.41) is 19.1. The molecule has 7 atom stereocenters. The van der Waals surface area contributed by atoms with Gasteiger partial charge in [-0.25, -0.2) is 0 Å². The lowest BCUT2D eigenvalue weighted by Gasteiger charge is -2.22. The van der Waals surface area contributed by atoms with E-state index in [4.69, 9.17) is 29.9 Å². The summed E-state index contributed by atoms with van der Waals surface area (Å²) in [6, 6.07) is -0.739. The number of hydrogen-bond donors (Lipinski definition) is 2. The number of thioether (sulfide) groups is 1. The van der Waals surface area contributed by atoms with Gasteiger partial charge in [0.25, 0.3) is 0 Å². The van der Waals surface area contributed by atoms with Crippen molar-refractivity contribution in [3.8, 4) is 0 Å². The van der Waals surface area contributed by atoms with E-state index in [-0.39, 0.29) is 35.5 Å². The molecule has 2 rings (SSSR count). The van der Waals surface area contributed by atoms with E-state index in [2.05, 4.69) is 0 Å². The molecule has 110 valence electrons. The number of aliphatic hydroxyl groups is 2. The monoisotopic (exact) mass is 298 g/mol. The van der Waals surface area contributed by atoms with Crippen LogP contribution in [0.4, 0.5) is 0 Å². The molecule has 0 aromatic heterocycles. The second-order valence-corrected chi connectivity index (χ2v) is 6.76. The Labute approximate surface area is 126 Å². The first-order valence-corrected chi connectivity index (χ1v) is 7.82. The third kappa shape index (κ3) is 4.39. The molecule has 2 saturated heterocycles. The van der Waals surface area contributed by atoms with Crippen molar-refractivity contribution in [2.75, 3.05) is 13.2 Å². The molecular formula is C12H20B2O5S. The van der Waals surface area contributed by atoms with Crippen LogP contribution in [0.25, 0.3) is 0 Å². The molecule has 2 aliphatic rings.